The summed E-state index contributed by atoms with van der Waals surface area (Å²) in [7, 11) is 0. The van der Waals surface area contributed by atoms with Gasteiger partial charge in [-0.05, 0) is 62.4 Å². The van der Waals surface area contributed by atoms with Crippen LogP contribution in [0, 0.1) is 11.8 Å². The second kappa shape index (κ2) is 8.27. The molecule has 3 saturated heterocycles. The van der Waals surface area contributed by atoms with Gasteiger partial charge >= 0.3 is 6.03 Å². The summed E-state index contributed by atoms with van der Waals surface area (Å²) in [5.41, 5.74) is 1.49. The average Bonchev–Trinajstić information content (AvgIpc) is 3.00. The van der Waals surface area contributed by atoms with E-state index in [0.717, 1.165) is 57.7 Å². The monoisotopic (exact) mass is 378 g/mol. The van der Waals surface area contributed by atoms with Crippen LogP contribution in [0.3, 0.4) is 0 Å². The second-order valence-corrected chi connectivity index (χ2v) is 7.34. The lowest BCUT2D eigenvalue weighted by molar-refractivity contribution is 0.0758. The Kier molecular flexibility index (Phi) is 6.04. The molecule has 4 rings (SSSR count). The predicted molar refractivity (Wildman–Crippen MR) is 104 cm³/mol. The Balaban J connectivity index is 0.00000196. The number of nitrogens with zero attached hydrogens (tertiary/aromatic N) is 2. The van der Waals surface area contributed by atoms with Gasteiger partial charge in [0.15, 0.2) is 0 Å². The lowest BCUT2D eigenvalue weighted by Gasteiger charge is -2.28. The van der Waals surface area contributed by atoms with Crippen molar-refractivity contribution in [1.82, 2.24) is 15.5 Å². The zero-order valence-corrected chi connectivity index (χ0v) is 15.8. The minimum Gasteiger partial charge on any atom is -0.339 e. The highest BCUT2D eigenvalue weighted by Gasteiger charge is 2.31. The van der Waals surface area contributed by atoms with Crippen LogP contribution in [0.1, 0.15) is 29.6 Å². The SMILES string of the molecule is Cl.O=C(c1cccc(N2CCCNC2=O)c1)N1CC[C@@H]2CNC[C@@H]2CC1. The maximum absolute atomic E-state index is 13.0. The molecule has 0 aliphatic carbocycles. The molecule has 3 aliphatic rings. The first-order valence-electron chi connectivity index (χ1n) is 9.38. The number of urea groups is 1. The molecule has 0 unspecified atom stereocenters. The molecule has 7 heteroatoms. The molecular formula is C19H27ClN4O2. The maximum Gasteiger partial charge on any atom is 0.321 e. The van der Waals surface area contributed by atoms with Gasteiger partial charge in [0, 0.05) is 37.4 Å². The number of carbonyl (C=O) groups excluding carboxylic acids is 2. The van der Waals surface area contributed by atoms with Crippen LogP contribution in [-0.4, -0.2) is 56.1 Å². The van der Waals surface area contributed by atoms with Crippen molar-refractivity contribution in [3.8, 4) is 0 Å². The van der Waals surface area contributed by atoms with E-state index in [4.69, 9.17) is 0 Å². The Morgan fingerprint density at radius 2 is 1.81 bits per heavy atom. The van der Waals surface area contributed by atoms with Gasteiger partial charge in [0.1, 0.15) is 0 Å². The predicted octanol–water partition coefficient (Wildman–Crippen LogP) is 2.10. The summed E-state index contributed by atoms with van der Waals surface area (Å²) in [5, 5.41) is 6.33. The molecular weight excluding hydrogens is 352 g/mol. The summed E-state index contributed by atoms with van der Waals surface area (Å²) < 4.78 is 0. The highest BCUT2D eigenvalue weighted by Crippen LogP contribution is 2.28. The lowest BCUT2D eigenvalue weighted by atomic mass is 9.92. The summed E-state index contributed by atoms with van der Waals surface area (Å²) in [5.74, 6) is 1.51. The number of likely N-dealkylation sites (tertiary alicyclic amines) is 1. The quantitative estimate of drug-likeness (QED) is 0.828. The van der Waals surface area contributed by atoms with E-state index in [2.05, 4.69) is 10.6 Å². The Morgan fingerprint density at radius 3 is 2.50 bits per heavy atom. The molecule has 2 atom stereocenters. The van der Waals surface area contributed by atoms with Crippen LogP contribution in [0.25, 0.3) is 0 Å². The number of rotatable bonds is 2. The molecule has 0 bridgehead atoms. The number of hydrogen-bond donors (Lipinski definition) is 2. The fourth-order valence-electron chi connectivity index (χ4n) is 4.29. The summed E-state index contributed by atoms with van der Waals surface area (Å²) >= 11 is 0. The highest BCUT2D eigenvalue weighted by molar-refractivity contribution is 5.98. The smallest absolute Gasteiger partial charge is 0.321 e. The van der Waals surface area contributed by atoms with Gasteiger partial charge in [0.05, 0.1) is 0 Å². The lowest BCUT2D eigenvalue weighted by Crippen LogP contribution is -2.46. The molecule has 2 N–H and O–H groups in total. The zero-order valence-electron chi connectivity index (χ0n) is 14.9. The fraction of sp³-hybridized carbons (Fsp3) is 0.579. The van der Waals surface area contributed by atoms with Gasteiger partial charge in [-0.2, -0.15) is 0 Å². The van der Waals surface area contributed by atoms with Crippen molar-refractivity contribution in [2.75, 3.05) is 44.2 Å². The third kappa shape index (κ3) is 3.81. The van der Waals surface area contributed by atoms with E-state index in [0.29, 0.717) is 23.9 Å². The number of fused-ring (bicyclic) bond motifs is 1. The Labute approximate surface area is 160 Å². The molecule has 142 valence electrons. The zero-order chi connectivity index (χ0) is 17.2. The van der Waals surface area contributed by atoms with Crippen molar-refractivity contribution in [3.05, 3.63) is 29.8 Å². The van der Waals surface area contributed by atoms with Gasteiger partial charge in [0.2, 0.25) is 0 Å². The normalized spacial score (nSPS) is 25.8. The van der Waals surface area contributed by atoms with E-state index in [1.165, 1.54) is 0 Å². The summed E-state index contributed by atoms with van der Waals surface area (Å²) in [6.45, 7) is 5.26. The van der Waals surface area contributed by atoms with E-state index < -0.39 is 0 Å². The third-order valence-corrected chi connectivity index (χ3v) is 5.79. The van der Waals surface area contributed by atoms with Crippen LogP contribution >= 0.6 is 12.4 Å². The Morgan fingerprint density at radius 1 is 1.08 bits per heavy atom. The first-order chi connectivity index (χ1) is 12.2. The van der Waals surface area contributed by atoms with Crippen LogP contribution in [0.5, 0.6) is 0 Å². The van der Waals surface area contributed by atoms with Gasteiger partial charge in [-0.15, -0.1) is 12.4 Å². The third-order valence-electron chi connectivity index (χ3n) is 5.79. The van der Waals surface area contributed by atoms with Gasteiger partial charge in [-0.1, -0.05) is 6.07 Å². The number of halogens is 1. The molecule has 3 amide bonds. The van der Waals surface area contributed by atoms with Gasteiger partial charge < -0.3 is 15.5 Å². The summed E-state index contributed by atoms with van der Waals surface area (Å²) in [6, 6.07) is 7.42. The Hall–Kier alpha value is -1.79. The minimum atomic E-state index is -0.0778. The average molecular weight is 379 g/mol. The van der Waals surface area contributed by atoms with Crippen molar-refractivity contribution in [2.24, 2.45) is 11.8 Å². The molecule has 1 aromatic carbocycles. The second-order valence-electron chi connectivity index (χ2n) is 7.34. The molecule has 0 radical (unpaired) electrons. The van der Waals surface area contributed by atoms with Crippen LogP contribution in [-0.2, 0) is 0 Å². The number of anilines is 1. The first-order valence-corrected chi connectivity index (χ1v) is 9.38. The van der Waals surface area contributed by atoms with Gasteiger partial charge in [0.25, 0.3) is 5.91 Å². The number of nitrogens with one attached hydrogen (secondary N) is 2. The van der Waals surface area contributed by atoms with E-state index >= 15 is 0 Å². The fourth-order valence-corrected chi connectivity index (χ4v) is 4.29. The first kappa shape index (κ1) is 19.0. The van der Waals surface area contributed by atoms with Crippen molar-refractivity contribution >= 4 is 30.0 Å². The molecule has 0 saturated carbocycles. The summed E-state index contributed by atoms with van der Waals surface area (Å²) in [4.78, 5) is 28.7. The largest absolute Gasteiger partial charge is 0.339 e. The maximum atomic E-state index is 13.0. The molecule has 0 spiro atoms. The van der Waals surface area contributed by atoms with Crippen LogP contribution in [0.4, 0.5) is 10.5 Å². The van der Waals surface area contributed by atoms with Crippen LogP contribution in [0.15, 0.2) is 24.3 Å². The topological polar surface area (TPSA) is 64.7 Å². The Bertz CT molecular complexity index is 655. The molecule has 0 aromatic heterocycles. The summed E-state index contributed by atoms with van der Waals surface area (Å²) in [6.07, 6.45) is 3.09. The van der Waals surface area contributed by atoms with Gasteiger partial charge in [-0.25, -0.2) is 4.79 Å². The molecule has 6 nitrogen and oxygen atoms in total. The number of amides is 3. The van der Waals surface area contributed by atoms with Crippen molar-refractivity contribution < 1.29 is 9.59 Å². The van der Waals surface area contributed by atoms with E-state index in [1.807, 2.05) is 29.2 Å². The van der Waals surface area contributed by atoms with Crippen molar-refractivity contribution in [2.45, 2.75) is 19.3 Å². The van der Waals surface area contributed by atoms with Crippen LogP contribution in [0.2, 0.25) is 0 Å². The number of hydrogen-bond acceptors (Lipinski definition) is 3. The molecule has 3 fully saturated rings. The number of benzene rings is 1. The van der Waals surface area contributed by atoms with Crippen molar-refractivity contribution in [3.63, 3.8) is 0 Å². The molecule has 3 heterocycles. The number of carbonyl (C=O) groups is 2. The van der Waals surface area contributed by atoms with E-state index in [9.17, 15) is 9.59 Å². The minimum absolute atomic E-state index is 0. The van der Waals surface area contributed by atoms with Crippen molar-refractivity contribution in [1.29, 1.82) is 0 Å². The molecule has 3 aliphatic heterocycles. The van der Waals surface area contributed by atoms with Gasteiger partial charge in [-0.3, -0.25) is 9.69 Å². The molecule has 26 heavy (non-hydrogen) atoms. The molecule has 1 aromatic rings. The van der Waals surface area contributed by atoms with E-state index in [-0.39, 0.29) is 24.3 Å². The standard InChI is InChI=1S/C19H26N4O2.ClH/c24-18(22-9-5-15-12-20-13-16(15)6-10-22)14-3-1-4-17(11-14)23-8-2-7-21-19(23)25;/h1,3-4,11,15-16,20H,2,5-10,12-13H2,(H,21,25);1H/t15-,16+;. The van der Waals surface area contributed by atoms with E-state index in [1.54, 1.807) is 4.90 Å². The highest BCUT2D eigenvalue weighted by atomic mass is 35.5. The van der Waals surface area contributed by atoms with Crippen LogP contribution < -0.4 is 15.5 Å².